The van der Waals surface area contributed by atoms with E-state index in [1.165, 1.54) is 6.42 Å². The number of carboxylic acids is 1. The lowest BCUT2D eigenvalue weighted by Crippen LogP contribution is -2.46. The molecule has 3 atom stereocenters. The molecule has 208 valence electrons. The molecule has 2 aromatic carbocycles. The van der Waals surface area contributed by atoms with Crippen molar-refractivity contribution in [2.75, 3.05) is 11.9 Å². The van der Waals surface area contributed by atoms with Gasteiger partial charge in [0.05, 0.1) is 11.9 Å². The van der Waals surface area contributed by atoms with Gasteiger partial charge in [0.2, 0.25) is 0 Å². The number of nitrogen functional groups attached to an aromatic ring is 1. The van der Waals surface area contributed by atoms with Crippen molar-refractivity contribution >= 4 is 28.4 Å². The largest absolute Gasteiger partial charge is 0.481 e. The first kappa shape index (κ1) is 28.4. The Morgan fingerprint density at radius 2 is 1.95 bits per heavy atom. The molecule has 2 heterocycles. The normalized spacial score (nSPS) is 18.6. The fraction of sp³-hybridized carbons (Fsp3) is 0.452. The number of H-pyrrole nitrogens is 1. The number of unbranched alkanes of at least 4 members (excludes halogenated alkanes) is 1. The maximum Gasteiger partial charge on any atom is 0.305 e. The van der Waals surface area contributed by atoms with Gasteiger partial charge in [-0.25, -0.2) is 0 Å². The zero-order valence-corrected chi connectivity index (χ0v) is 23.2. The number of rotatable bonds is 11. The Labute approximate surface area is 230 Å². The van der Waals surface area contributed by atoms with E-state index in [1.807, 2.05) is 24.3 Å². The Kier molecular flexibility index (Phi) is 9.07. The third kappa shape index (κ3) is 6.50. The van der Waals surface area contributed by atoms with Crippen LogP contribution in [0.4, 0.5) is 5.69 Å². The molecule has 39 heavy (non-hydrogen) atoms. The van der Waals surface area contributed by atoms with Crippen LogP contribution < -0.4 is 16.6 Å². The summed E-state index contributed by atoms with van der Waals surface area (Å²) in [6.45, 7) is 7.13. The topological polar surface area (TPSA) is 135 Å². The maximum atomic E-state index is 13.3. The van der Waals surface area contributed by atoms with Gasteiger partial charge in [0.1, 0.15) is 5.84 Å². The van der Waals surface area contributed by atoms with Crippen LogP contribution in [0.1, 0.15) is 82.9 Å². The summed E-state index contributed by atoms with van der Waals surface area (Å²) in [7, 11) is 0. The lowest BCUT2D eigenvalue weighted by atomic mass is 9.88. The molecular weight excluding hydrogens is 490 g/mol. The molecule has 3 aromatic rings. The van der Waals surface area contributed by atoms with Gasteiger partial charge in [-0.05, 0) is 68.5 Å². The summed E-state index contributed by atoms with van der Waals surface area (Å²) in [5.74, 6) is -0.898. The third-order valence-electron chi connectivity index (χ3n) is 7.96. The number of aromatic amines is 1. The molecular formula is C31H41N5O3. The number of hydrogen-bond acceptors (Lipinski definition) is 5. The van der Waals surface area contributed by atoms with Crippen LogP contribution in [0.2, 0.25) is 0 Å². The average Bonchev–Trinajstić information content (AvgIpc) is 2.89. The van der Waals surface area contributed by atoms with Gasteiger partial charge < -0.3 is 21.1 Å². The molecule has 0 bridgehead atoms. The predicted molar refractivity (Wildman–Crippen MR) is 159 cm³/mol. The summed E-state index contributed by atoms with van der Waals surface area (Å²) in [5.41, 5.74) is 10.00. The Morgan fingerprint density at radius 3 is 2.62 bits per heavy atom. The van der Waals surface area contributed by atoms with Crippen LogP contribution in [-0.2, 0) is 4.79 Å². The van der Waals surface area contributed by atoms with Crippen molar-refractivity contribution in [3.05, 3.63) is 63.9 Å². The van der Waals surface area contributed by atoms with E-state index in [2.05, 4.69) is 42.0 Å². The van der Waals surface area contributed by atoms with Crippen molar-refractivity contribution in [2.24, 2.45) is 5.73 Å². The quantitative estimate of drug-likeness (QED) is 0.155. The minimum Gasteiger partial charge on any atom is -0.481 e. The third-order valence-corrected chi connectivity index (χ3v) is 7.96. The van der Waals surface area contributed by atoms with Gasteiger partial charge >= 0.3 is 5.97 Å². The molecule has 0 amide bonds. The van der Waals surface area contributed by atoms with Gasteiger partial charge in [-0.1, -0.05) is 44.4 Å². The van der Waals surface area contributed by atoms with E-state index >= 15 is 0 Å². The standard InChI is InChI=1S/C31H41N5O3/c1-4-5-12-28(36-19(2)8-6-9-20(36)3)26-16-23(34-14-13-29(37)38)17-27-25(26)18-24(31(39)35-27)21-10-7-11-22(15-21)30(32)33/h7,10-11,15-20,28,34H,4-6,8-9,12-14H2,1-3H3,(H3,32,33)(H,35,39)(H,37,38). The summed E-state index contributed by atoms with van der Waals surface area (Å²) in [5, 5.41) is 21.2. The zero-order valence-electron chi connectivity index (χ0n) is 23.2. The number of pyridine rings is 1. The van der Waals surface area contributed by atoms with E-state index in [1.54, 1.807) is 12.1 Å². The van der Waals surface area contributed by atoms with Gasteiger partial charge in [0.25, 0.3) is 5.56 Å². The zero-order chi connectivity index (χ0) is 28.1. The number of benzene rings is 2. The van der Waals surface area contributed by atoms with Crippen molar-refractivity contribution in [1.82, 2.24) is 9.88 Å². The van der Waals surface area contributed by atoms with Gasteiger partial charge in [-0.2, -0.15) is 0 Å². The van der Waals surface area contributed by atoms with Crippen LogP contribution in [0, 0.1) is 5.41 Å². The molecule has 3 unspecified atom stereocenters. The monoisotopic (exact) mass is 531 g/mol. The minimum absolute atomic E-state index is 0.00870. The molecule has 6 N–H and O–H groups in total. The Balaban J connectivity index is 1.92. The number of amidine groups is 1. The Hall–Kier alpha value is -3.65. The maximum absolute atomic E-state index is 13.3. The summed E-state index contributed by atoms with van der Waals surface area (Å²) >= 11 is 0. The number of anilines is 1. The van der Waals surface area contributed by atoms with Crippen molar-refractivity contribution in [3.8, 4) is 11.1 Å². The number of piperidine rings is 1. The highest BCUT2D eigenvalue weighted by atomic mass is 16.4. The molecule has 0 aliphatic carbocycles. The predicted octanol–water partition coefficient (Wildman–Crippen LogP) is 5.86. The fourth-order valence-corrected chi connectivity index (χ4v) is 6.02. The fourth-order valence-electron chi connectivity index (χ4n) is 6.02. The van der Waals surface area contributed by atoms with Crippen LogP contribution in [0.3, 0.4) is 0 Å². The molecule has 0 radical (unpaired) electrons. The molecule has 1 aliphatic rings. The molecule has 1 saturated heterocycles. The first-order valence-corrected chi connectivity index (χ1v) is 14.1. The molecule has 0 saturated carbocycles. The van der Waals surface area contributed by atoms with Gasteiger partial charge in [-0.15, -0.1) is 0 Å². The number of nitrogens with zero attached hydrogens (tertiary/aromatic N) is 1. The molecule has 8 nitrogen and oxygen atoms in total. The van der Waals surface area contributed by atoms with Gasteiger partial charge in [0, 0.05) is 46.9 Å². The van der Waals surface area contributed by atoms with Crippen molar-refractivity contribution in [2.45, 2.75) is 83.8 Å². The van der Waals surface area contributed by atoms with Gasteiger partial charge in [-0.3, -0.25) is 19.9 Å². The molecule has 1 aliphatic heterocycles. The SMILES string of the molecule is CCCCC(c1cc(NCCC(=O)O)cc2[nH]c(=O)c(-c3cccc(C(=N)N)c3)cc12)N1C(C)CCCC1C. The molecule has 0 spiro atoms. The van der Waals surface area contributed by atoms with E-state index in [0.717, 1.165) is 54.3 Å². The summed E-state index contributed by atoms with van der Waals surface area (Å²) in [6.07, 6.45) is 6.70. The number of aliphatic carboxylic acids is 1. The second kappa shape index (κ2) is 12.5. The molecule has 1 aromatic heterocycles. The number of carbonyl (C=O) groups is 1. The smallest absolute Gasteiger partial charge is 0.305 e. The van der Waals surface area contributed by atoms with E-state index < -0.39 is 5.97 Å². The number of hydrogen-bond donors (Lipinski definition) is 5. The van der Waals surface area contributed by atoms with Crippen LogP contribution in [-0.4, -0.2) is 45.4 Å². The van der Waals surface area contributed by atoms with Gasteiger partial charge in [0.15, 0.2) is 0 Å². The summed E-state index contributed by atoms with van der Waals surface area (Å²) < 4.78 is 0. The van der Waals surface area contributed by atoms with E-state index in [-0.39, 0.29) is 23.9 Å². The second-order valence-electron chi connectivity index (χ2n) is 10.8. The number of likely N-dealkylation sites (tertiary alicyclic amines) is 1. The molecule has 4 rings (SSSR count). The van der Waals surface area contributed by atoms with E-state index in [9.17, 15) is 9.59 Å². The minimum atomic E-state index is -0.855. The molecule has 1 fully saturated rings. The van der Waals surface area contributed by atoms with Crippen LogP contribution in [0.25, 0.3) is 22.0 Å². The van der Waals surface area contributed by atoms with E-state index in [4.69, 9.17) is 16.2 Å². The first-order chi connectivity index (χ1) is 18.7. The van der Waals surface area contributed by atoms with Crippen LogP contribution >= 0.6 is 0 Å². The second-order valence-corrected chi connectivity index (χ2v) is 10.8. The summed E-state index contributed by atoms with van der Waals surface area (Å²) in [4.78, 5) is 30.2. The number of carboxylic acid groups (broad SMARTS) is 1. The highest BCUT2D eigenvalue weighted by molar-refractivity contribution is 5.96. The number of aromatic nitrogens is 1. The Bertz CT molecular complexity index is 1390. The highest BCUT2D eigenvalue weighted by Crippen LogP contribution is 2.40. The number of nitrogens with two attached hydrogens (primary N) is 1. The summed E-state index contributed by atoms with van der Waals surface area (Å²) in [6, 6.07) is 14.3. The highest BCUT2D eigenvalue weighted by Gasteiger charge is 2.33. The first-order valence-electron chi connectivity index (χ1n) is 14.1. The molecule has 8 heteroatoms. The van der Waals surface area contributed by atoms with Crippen molar-refractivity contribution in [1.29, 1.82) is 5.41 Å². The lowest BCUT2D eigenvalue weighted by Gasteiger charge is -2.45. The van der Waals surface area contributed by atoms with Crippen LogP contribution in [0.15, 0.2) is 47.3 Å². The Morgan fingerprint density at radius 1 is 1.21 bits per heavy atom. The average molecular weight is 532 g/mol. The number of nitrogens with one attached hydrogen (secondary N) is 3. The number of fused-ring (bicyclic) bond motifs is 1. The van der Waals surface area contributed by atoms with Crippen LogP contribution in [0.5, 0.6) is 0 Å². The van der Waals surface area contributed by atoms with E-state index in [0.29, 0.717) is 35.3 Å². The lowest BCUT2D eigenvalue weighted by molar-refractivity contribution is -0.136. The van der Waals surface area contributed by atoms with Crippen molar-refractivity contribution in [3.63, 3.8) is 0 Å². The van der Waals surface area contributed by atoms with Crippen molar-refractivity contribution < 1.29 is 9.90 Å².